The lowest BCUT2D eigenvalue weighted by atomic mass is 10.0. The van der Waals surface area contributed by atoms with Gasteiger partial charge in [0.25, 0.3) is 0 Å². The highest BCUT2D eigenvalue weighted by molar-refractivity contribution is 8.00. The van der Waals surface area contributed by atoms with Gasteiger partial charge in [0.2, 0.25) is 11.1 Å². The summed E-state index contributed by atoms with van der Waals surface area (Å²) >= 11 is 1.38. The fourth-order valence-electron chi connectivity index (χ4n) is 3.25. The third-order valence-electron chi connectivity index (χ3n) is 4.78. The fourth-order valence-corrected chi connectivity index (χ4v) is 4.35. The molecule has 0 saturated heterocycles. The largest absolute Gasteiger partial charge is 0.325 e. The van der Waals surface area contributed by atoms with Crippen LogP contribution in [0, 0.1) is 12.7 Å². The summed E-state index contributed by atoms with van der Waals surface area (Å²) in [6, 6.07) is 13.6. The topological polar surface area (TPSA) is 71.8 Å². The van der Waals surface area contributed by atoms with Gasteiger partial charge < -0.3 is 10.7 Å². The molecule has 2 atom stereocenters. The second kappa shape index (κ2) is 8.24. The molecule has 1 aliphatic heterocycles. The van der Waals surface area contributed by atoms with Crippen molar-refractivity contribution >= 4 is 23.4 Å². The van der Waals surface area contributed by atoms with E-state index in [0.29, 0.717) is 10.8 Å². The van der Waals surface area contributed by atoms with Crippen LogP contribution >= 0.6 is 11.8 Å². The quantitative estimate of drug-likeness (QED) is 0.662. The van der Waals surface area contributed by atoms with Gasteiger partial charge >= 0.3 is 0 Å². The first kappa shape index (κ1) is 19.4. The molecule has 6 nitrogen and oxygen atoms in total. The molecule has 3 aromatic rings. The van der Waals surface area contributed by atoms with E-state index in [9.17, 15) is 9.18 Å². The number of fused-ring (bicyclic) bond motifs is 1. The summed E-state index contributed by atoms with van der Waals surface area (Å²) < 4.78 is 15.1. The van der Waals surface area contributed by atoms with Gasteiger partial charge in [-0.15, -0.1) is 10.2 Å². The average Bonchev–Trinajstić information content (AvgIpc) is 3.11. The van der Waals surface area contributed by atoms with Crippen molar-refractivity contribution in [1.82, 2.24) is 14.9 Å². The molecule has 0 unspecified atom stereocenters. The van der Waals surface area contributed by atoms with Crippen LogP contribution in [0.4, 0.5) is 10.1 Å². The number of nitrogens with one attached hydrogen (secondary N) is 2. The molecule has 0 aliphatic carbocycles. The standard InChI is InChI=1S/C21H22FN5OS/c1-3-4-17-24-25-21-27(17)26-18(14-7-5-13(2)6-8-14)19(29-21)20(28)23-16-11-9-15(22)10-12-16/h5-12,18-19,26H,3-4H2,1-2H3,(H,23,28)/t18-,19+/m0/s1. The Morgan fingerprint density at radius 1 is 1.17 bits per heavy atom. The van der Waals surface area contributed by atoms with Crippen molar-refractivity contribution in [1.29, 1.82) is 0 Å². The minimum absolute atomic E-state index is 0.175. The van der Waals surface area contributed by atoms with Gasteiger partial charge in [0.05, 0.1) is 6.04 Å². The van der Waals surface area contributed by atoms with E-state index in [0.717, 1.165) is 29.8 Å². The third kappa shape index (κ3) is 4.12. The molecule has 150 valence electrons. The number of hydrogen-bond donors (Lipinski definition) is 2. The first-order valence-electron chi connectivity index (χ1n) is 9.55. The van der Waals surface area contributed by atoms with Crippen LogP contribution in [0.5, 0.6) is 0 Å². The molecule has 0 fully saturated rings. The summed E-state index contributed by atoms with van der Waals surface area (Å²) in [4.78, 5) is 13.1. The summed E-state index contributed by atoms with van der Waals surface area (Å²) in [5, 5.41) is 11.6. The monoisotopic (exact) mass is 411 g/mol. The van der Waals surface area contributed by atoms with Crippen molar-refractivity contribution in [2.75, 3.05) is 10.7 Å². The smallest absolute Gasteiger partial charge is 0.240 e. The Morgan fingerprint density at radius 2 is 1.90 bits per heavy atom. The predicted octanol–water partition coefficient (Wildman–Crippen LogP) is 4.08. The maximum atomic E-state index is 13.2. The molecule has 1 aliphatic rings. The van der Waals surface area contributed by atoms with E-state index in [1.165, 1.54) is 23.9 Å². The molecule has 8 heteroatoms. The van der Waals surface area contributed by atoms with Crippen LogP contribution in [0.3, 0.4) is 0 Å². The molecule has 2 heterocycles. The minimum Gasteiger partial charge on any atom is -0.325 e. The van der Waals surface area contributed by atoms with Crippen LogP contribution < -0.4 is 10.7 Å². The highest BCUT2D eigenvalue weighted by Gasteiger charge is 2.37. The Bertz CT molecular complexity index is 1000. The zero-order valence-electron chi connectivity index (χ0n) is 16.2. The Kier molecular flexibility index (Phi) is 5.53. The zero-order chi connectivity index (χ0) is 20.4. The predicted molar refractivity (Wildman–Crippen MR) is 112 cm³/mol. The van der Waals surface area contributed by atoms with Gasteiger partial charge in [-0.1, -0.05) is 48.5 Å². The van der Waals surface area contributed by atoms with Gasteiger partial charge in [-0.25, -0.2) is 9.07 Å². The highest BCUT2D eigenvalue weighted by atomic mass is 32.2. The maximum Gasteiger partial charge on any atom is 0.240 e. The van der Waals surface area contributed by atoms with Gasteiger partial charge in [0.15, 0.2) is 5.82 Å². The molecule has 2 N–H and O–H groups in total. The molecule has 4 rings (SSSR count). The fraction of sp³-hybridized carbons (Fsp3) is 0.286. The number of rotatable bonds is 5. The second-order valence-corrected chi connectivity index (χ2v) is 8.14. The van der Waals surface area contributed by atoms with E-state index in [1.54, 1.807) is 12.1 Å². The van der Waals surface area contributed by atoms with Crippen LogP contribution in [-0.4, -0.2) is 26.0 Å². The number of amides is 1. The van der Waals surface area contributed by atoms with Crippen LogP contribution in [0.15, 0.2) is 53.7 Å². The lowest BCUT2D eigenvalue weighted by Gasteiger charge is -2.33. The summed E-state index contributed by atoms with van der Waals surface area (Å²) in [5.74, 6) is 0.335. The third-order valence-corrected chi connectivity index (χ3v) is 6.00. The average molecular weight is 412 g/mol. The molecular formula is C21H22FN5OS. The van der Waals surface area contributed by atoms with Gasteiger partial charge in [0, 0.05) is 12.1 Å². The number of nitrogens with zero attached hydrogens (tertiary/aromatic N) is 3. The van der Waals surface area contributed by atoms with Crippen molar-refractivity contribution in [3.63, 3.8) is 0 Å². The summed E-state index contributed by atoms with van der Waals surface area (Å²) in [5.41, 5.74) is 6.15. The Balaban J connectivity index is 1.65. The number of carbonyl (C=O) groups excluding carboxylic acids is 1. The molecule has 2 aromatic carbocycles. The van der Waals surface area contributed by atoms with Crippen molar-refractivity contribution in [3.05, 3.63) is 71.3 Å². The molecular weight excluding hydrogens is 389 g/mol. The lowest BCUT2D eigenvalue weighted by Crippen LogP contribution is -2.41. The van der Waals surface area contributed by atoms with Crippen LogP contribution in [0.25, 0.3) is 0 Å². The van der Waals surface area contributed by atoms with Gasteiger partial charge in [-0.05, 0) is 43.2 Å². The van der Waals surface area contributed by atoms with Crippen molar-refractivity contribution in [2.24, 2.45) is 0 Å². The lowest BCUT2D eigenvalue weighted by molar-refractivity contribution is -0.116. The number of aryl methyl sites for hydroxylation is 2. The normalized spacial score (nSPS) is 18.0. The Morgan fingerprint density at radius 3 is 2.59 bits per heavy atom. The summed E-state index contributed by atoms with van der Waals surface area (Å²) in [7, 11) is 0. The first-order chi connectivity index (χ1) is 14.0. The van der Waals surface area contributed by atoms with E-state index in [-0.39, 0.29) is 17.8 Å². The van der Waals surface area contributed by atoms with Crippen molar-refractivity contribution in [3.8, 4) is 0 Å². The van der Waals surface area contributed by atoms with Gasteiger partial charge in [0.1, 0.15) is 11.1 Å². The minimum atomic E-state index is -0.464. The SMILES string of the molecule is CCCc1nnc2n1N[C@@H](c1ccc(C)cc1)[C@H](C(=O)Nc1ccc(F)cc1)S2. The van der Waals surface area contributed by atoms with E-state index in [2.05, 4.69) is 27.9 Å². The molecule has 0 bridgehead atoms. The summed E-state index contributed by atoms with van der Waals surface area (Å²) in [6.45, 7) is 4.12. The van der Waals surface area contributed by atoms with E-state index in [4.69, 9.17) is 0 Å². The number of hydrogen-bond acceptors (Lipinski definition) is 5. The highest BCUT2D eigenvalue weighted by Crippen LogP contribution is 2.37. The molecule has 0 radical (unpaired) electrons. The van der Waals surface area contributed by atoms with Crippen molar-refractivity contribution in [2.45, 2.75) is 43.1 Å². The molecule has 0 spiro atoms. The maximum absolute atomic E-state index is 13.2. The van der Waals surface area contributed by atoms with Crippen LogP contribution in [-0.2, 0) is 11.2 Å². The molecule has 0 saturated carbocycles. The first-order valence-corrected chi connectivity index (χ1v) is 10.4. The molecule has 29 heavy (non-hydrogen) atoms. The second-order valence-electron chi connectivity index (χ2n) is 7.04. The number of anilines is 1. The van der Waals surface area contributed by atoms with Crippen LogP contribution in [0.1, 0.15) is 36.3 Å². The van der Waals surface area contributed by atoms with E-state index < -0.39 is 5.25 Å². The number of thioether (sulfide) groups is 1. The van der Waals surface area contributed by atoms with E-state index >= 15 is 0 Å². The number of benzene rings is 2. The summed E-state index contributed by atoms with van der Waals surface area (Å²) in [6.07, 6.45) is 1.75. The Labute approximate surface area is 172 Å². The van der Waals surface area contributed by atoms with Gasteiger partial charge in [-0.3, -0.25) is 4.79 Å². The zero-order valence-corrected chi connectivity index (χ0v) is 17.0. The number of aromatic nitrogens is 3. The molecule has 1 aromatic heterocycles. The van der Waals surface area contributed by atoms with Crippen molar-refractivity contribution < 1.29 is 9.18 Å². The number of carbonyl (C=O) groups is 1. The number of halogens is 1. The van der Waals surface area contributed by atoms with E-state index in [1.807, 2.05) is 35.9 Å². The van der Waals surface area contributed by atoms with Crippen LogP contribution in [0.2, 0.25) is 0 Å². The van der Waals surface area contributed by atoms with Gasteiger partial charge in [-0.2, -0.15) is 0 Å². The Hall–Kier alpha value is -2.87. The molecule has 1 amide bonds.